The van der Waals surface area contributed by atoms with Gasteiger partial charge in [-0.2, -0.15) is 0 Å². The molecule has 0 unspecified atom stereocenters. The first kappa shape index (κ1) is 15.4. The molecule has 1 aliphatic carbocycles. The first-order valence-electron chi connectivity index (χ1n) is 8.66. The van der Waals surface area contributed by atoms with Crippen LogP contribution in [0, 0.1) is 0 Å². The number of aromatic nitrogens is 2. The minimum Gasteiger partial charge on any atom is -0.330 e. The standard InChI is InChI=1S/C18H25ClN4/c1-11-8-14(10-23(11)15-5-6-15)20-12(2)18-21-16-9-13(19)4-7-17(16)22(18)3/h4,7,9,11-12,14-15,20H,5-6,8,10H2,1-3H3/t11-,12-,14-/m0/s1. The predicted octanol–water partition coefficient (Wildman–Crippen LogP) is 3.50. The predicted molar refractivity (Wildman–Crippen MR) is 94.9 cm³/mol. The molecule has 1 aliphatic heterocycles. The molecule has 0 radical (unpaired) electrons. The Bertz CT molecular complexity index is 721. The van der Waals surface area contributed by atoms with Crippen LogP contribution in [0.25, 0.3) is 11.0 Å². The molecule has 2 aliphatic rings. The van der Waals surface area contributed by atoms with Gasteiger partial charge < -0.3 is 9.88 Å². The van der Waals surface area contributed by atoms with Crippen LogP contribution in [-0.2, 0) is 7.05 Å². The largest absolute Gasteiger partial charge is 0.330 e. The number of nitrogens with one attached hydrogen (secondary N) is 1. The van der Waals surface area contributed by atoms with Crippen molar-refractivity contribution in [1.29, 1.82) is 0 Å². The summed E-state index contributed by atoms with van der Waals surface area (Å²) >= 11 is 6.09. The molecule has 4 nitrogen and oxygen atoms in total. The van der Waals surface area contributed by atoms with Crippen LogP contribution >= 0.6 is 11.6 Å². The average Bonchev–Trinajstić information content (AvgIpc) is 3.21. The maximum Gasteiger partial charge on any atom is 0.126 e. The van der Waals surface area contributed by atoms with Gasteiger partial charge in [-0.1, -0.05) is 11.6 Å². The van der Waals surface area contributed by atoms with Crippen LogP contribution in [0.5, 0.6) is 0 Å². The normalized spacial score (nSPS) is 27.0. The number of nitrogens with zero attached hydrogens (tertiary/aromatic N) is 3. The summed E-state index contributed by atoms with van der Waals surface area (Å²) in [6.07, 6.45) is 4.01. The zero-order chi connectivity index (χ0) is 16.1. The molecule has 0 spiro atoms. The van der Waals surface area contributed by atoms with Gasteiger partial charge >= 0.3 is 0 Å². The molecule has 3 atom stereocenters. The van der Waals surface area contributed by atoms with Gasteiger partial charge in [-0.05, 0) is 51.3 Å². The maximum absolute atomic E-state index is 6.09. The fraction of sp³-hybridized carbons (Fsp3) is 0.611. The molecule has 5 heteroatoms. The van der Waals surface area contributed by atoms with Gasteiger partial charge in [0.1, 0.15) is 5.82 Å². The molecular formula is C18H25ClN4. The van der Waals surface area contributed by atoms with Gasteiger partial charge in [0.2, 0.25) is 0 Å². The molecule has 124 valence electrons. The lowest BCUT2D eigenvalue weighted by Gasteiger charge is -2.21. The molecule has 2 fully saturated rings. The smallest absolute Gasteiger partial charge is 0.126 e. The number of benzene rings is 1. The molecule has 1 aromatic heterocycles. The highest BCUT2D eigenvalue weighted by atomic mass is 35.5. The molecule has 1 saturated heterocycles. The molecule has 4 rings (SSSR count). The highest BCUT2D eigenvalue weighted by Gasteiger charge is 2.39. The molecule has 2 heterocycles. The summed E-state index contributed by atoms with van der Waals surface area (Å²) in [4.78, 5) is 7.48. The maximum atomic E-state index is 6.09. The Morgan fingerprint density at radius 1 is 1.35 bits per heavy atom. The average molecular weight is 333 g/mol. The van der Waals surface area contributed by atoms with Gasteiger partial charge in [-0.3, -0.25) is 4.90 Å². The molecular weight excluding hydrogens is 308 g/mol. The van der Waals surface area contributed by atoms with Crippen molar-refractivity contribution in [2.45, 2.75) is 57.3 Å². The van der Waals surface area contributed by atoms with E-state index in [0.717, 1.165) is 27.9 Å². The SMILES string of the molecule is C[C@H](N[C@H]1C[C@H](C)N(C2CC2)C1)c1nc2cc(Cl)ccc2n1C. The molecule has 1 N–H and O–H groups in total. The number of hydrogen-bond donors (Lipinski definition) is 1. The number of aryl methyl sites for hydroxylation is 1. The van der Waals surface area contributed by atoms with Crippen LogP contribution in [0.1, 0.15) is 45.0 Å². The second-order valence-corrected chi connectivity index (χ2v) is 7.70. The van der Waals surface area contributed by atoms with Gasteiger partial charge in [0.15, 0.2) is 0 Å². The van der Waals surface area contributed by atoms with Crippen molar-refractivity contribution in [3.05, 3.63) is 29.0 Å². The molecule has 0 amide bonds. The van der Waals surface area contributed by atoms with Crippen molar-refractivity contribution in [1.82, 2.24) is 19.8 Å². The summed E-state index contributed by atoms with van der Waals surface area (Å²) in [5.41, 5.74) is 2.11. The number of hydrogen-bond acceptors (Lipinski definition) is 3. The van der Waals surface area contributed by atoms with E-state index in [4.69, 9.17) is 16.6 Å². The van der Waals surface area contributed by atoms with E-state index in [1.807, 2.05) is 18.2 Å². The van der Waals surface area contributed by atoms with Gasteiger partial charge in [0.25, 0.3) is 0 Å². The lowest BCUT2D eigenvalue weighted by atomic mass is 10.1. The second kappa shape index (κ2) is 5.76. The van der Waals surface area contributed by atoms with Crippen LogP contribution in [0.3, 0.4) is 0 Å². The fourth-order valence-electron chi connectivity index (χ4n) is 4.10. The van der Waals surface area contributed by atoms with Crippen molar-refractivity contribution < 1.29 is 0 Å². The van der Waals surface area contributed by atoms with E-state index in [9.17, 15) is 0 Å². The van der Waals surface area contributed by atoms with Crippen LogP contribution in [-0.4, -0.2) is 39.1 Å². The minimum absolute atomic E-state index is 0.238. The zero-order valence-corrected chi connectivity index (χ0v) is 14.8. The van der Waals surface area contributed by atoms with Gasteiger partial charge in [-0.15, -0.1) is 0 Å². The van der Waals surface area contributed by atoms with E-state index in [0.29, 0.717) is 12.1 Å². The summed E-state index contributed by atoms with van der Waals surface area (Å²) in [6, 6.07) is 8.27. The topological polar surface area (TPSA) is 33.1 Å². The van der Waals surface area contributed by atoms with E-state index in [1.54, 1.807) is 0 Å². The minimum atomic E-state index is 0.238. The molecule has 0 bridgehead atoms. The van der Waals surface area contributed by atoms with Gasteiger partial charge in [0, 0.05) is 36.7 Å². The molecule has 2 aromatic rings. The summed E-state index contributed by atoms with van der Waals surface area (Å²) in [6.45, 7) is 5.75. The number of rotatable bonds is 4. The number of imidazole rings is 1. The van der Waals surface area contributed by atoms with Crippen molar-refractivity contribution in [2.75, 3.05) is 6.54 Å². The lowest BCUT2D eigenvalue weighted by Crippen LogP contribution is -2.36. The first-order valence-corrected chi connectivity index (χ1v) is 9.04. The summed E-state index contributed by atoms with van der Waals surface area (Å²) < 4.78 is 2.18. The van der Waals surface area contributed by atoms with Crippen molar-refractivity contribution in [2.24, 2.45) is 7.05 Å². The van der Waals surface area contributed by atoms with E-state index < -0.39 is 0 Å². The highest BCUT2D eigenvalue weighted by molar-refractivity contribution is 6.31. The third-order valence-corrected chi connectivity index (χ3v) is 5.62. The van der Waals surface area contributed by atoms with E-state index >= 15 is 0 Å². The summed E-state index contributed by atoms with van der Waals surface area (Å²) in [5.74, 6) is 1.08. The quantitative estimate of drug-likeness (QED) is 0.930. The van der Waals surface area contributed by atoms with Gasteiger partial charge in [0.05, 0.1) is 17.1 Å². The lowest BCUT2D eigenvalue weighted by molar-refractivity contribution is 0.254. The highest BCUT2D eigenvalue weighted by Crippen LogP contribution is 2.34. The summed E-state index contributed by atoms with van der Waals surface area (Å²) in [7, 11) is 2.09. The van der Waals surface area contributed by atoms with Crippen LogP contribution < -0.4 is 5.32 Å². The zero-order valence-electron chi connectivity index (χ0n) is 14.1. The molecule has 1 aromatic carbocycles. The third-order valence-electron chi connectivity index (χ3n) is 5.39. The van der Waals surface area contributed by atoms with E-state index in [2.05, 4.69) is 35.7 Å². The Morgan fingerprint density at radius 2 is 2.13 bits per heavy atom. The number of likely N-dealkylation sites (tertiary alicyclic amines) is 1. The van der Waals surface area contributed by atoms with Crippen molar-refractivity contribution in [3.8, 4) is 0 Å². The Balaban J connectivity index is 1.51. The second-order valence-electron chi connectivity index (χ2n) is 7.26. The number of fused-ring (bicyclic) bond motifs is 1. The van der Waals surface area contributed by atoms with Crippen molar-refractivity contribution in [3.63, 3.8) is 0 Å². The van der Waals surface area contributed by atoms with E-state index in [1.165, 1.54) is 25.8 Å². The van der Waals surface area contributed by atoms with Crippen LogP contribution in [0.4, 0.5) is 0 Å². The summed E-state index contributed by atoms with van der Waals surface area (Å²) in [5, 5.41) is 4.54. The Morgan fingerprint density at radius 3 is 2.87 bits per heavy atom. The Kier molecular flexibility index (Phi) is 3.87. The fourth-order valence-corrected chi connectivity index (χ4v) is 4.27. The Labute approximate surface area is 142 Å². The van der Waals surface area contributed by atoms with Crippen molar-refractivity contribution >= 4 is 22.6 Å². The van der Waals surface area contributed by atoms with E-state index in [-0.39, 0.29) is 6.04 Å². The molecule has 23 heavy (non-hydrogen) atoms. The van der Waals surface area contributed by atoms with Crippen LogP contribution in [0.2, 0.25) is 5.02 Å². The Hall–Kier alpha value is -1.10. The van der Waals surface area contributed by atoms with Crippen LogP contribution in [0.15, 0.2) is 18.2 Å². The molecule has 1 saturated carbocycles. The third kappa shape index (κ3) is 2.88. The number of halogens is 1. The first-order chi connectivity index (χ1) is 11.0. The van der Waals surface area contributed by atoms with Gasteiger partial charge in [-0.25, -0.2) is 4.98 Å². The monoisotopic (exact) mass is 332 g/mol.